The van der Waals surface area contributed by atoms with E-state index in [1.165, 1.54) is 13.8 Å². The summed E-state index contributed by atoms with van der Waals surface area (Å²) in [6, 6.07) is 23.1. The molecule has 0 spiro atoms. The first-order valence-corrected chi connectivity index (χ1v) is 10.5. The number of nitrogens with zero attached hydrogens (tertiary/aromatic N) is 1. The van der Waals surface area contributed by atoms with Gasteiger partial charge in [0.15, 0.2) is 5.13 Å². The number of nitrogens with one attached hydrogen (secondary N) is 2. The zero-order chi connectivity index (χ0) is 22.0. The molecule has 0 aliphatic rings. The monoisotopic (exact) mass is 431 g/mol. The number of carboxylic acids is 1. The Morgan fingerprint density at radius 3 is 2.13 bits per heavy atom. The molecule has 4 rings (SSSR count). The second-order valence-electron chi connectivity index (χ2n) is 7.65. The molecule has 1 aromatic heterocycles. The standard InChI is InChI=1S/C24H21N3O3S/c1-24(2,22(29)30)27-21(28)17-9-7-15(8-10-17)16-11-13-18(14-12-16)25-23-26-19-5-3-4-6-20(19)31-23/h3-14H,1-2H3,(H,25,26)(H,27,28)(H,29,30). The molecule has 0 saturated carbocycles. The summed E-state index contributed by atoms with van der Waals surface area (Å²) in [4.78, 5) is 28.1. The highest BCUT2D eigenvalue weighted by molar-refractivity contribution is 7.22. The number of anilines is 2. The lowest BCUT2D eigenvalue weighted by Gasteiger charge is -2.21. The van der Waals surface area contributed by atoms with E-state index in [0.717, 1.165) is 32.2 Å². The van der Waals surface area contributed by atoms with Crippen molar-refractivity contribution in [2.24, 2.45) is 0 Å². The first kappa shape index (κ1) is 20.6. The molecular formula is C24H21N3O3S. The minimum absolute atomic E-state index is 0.409. The fraction of sp³-hybridized carbons (Fsp3) is 0.125. The van der Waals surface area contributed by atoms with E-state index in [-0.39, 0.29) is 0 Å². The predicted octanol–water partition coefficient (Wildman–Crippen LogP) is 5.30. The number of amides is 1. The lowest BCUT2D eigenvalue weighted by atomic mass is 10.0. The minimum Gasteiger partial charge on any atom is -0.480 e. The highest BCUT2D eigenvalue weighted by Crippen LogP contribution is 2.29. The van der Waals surface area contributed by atoms with Gasteiger partial charge < -0.3 is 15.7 Å². The van der Waals surface area contributed by atoms with E-state index in [1.54, 1.807) is 23.5 Å². The van der Waals surface area contributed by atoms with Gasteiger partial charge in [-0.2, -0.15) is 0 Å². The first-order chi connectivity index (χ1) is 14.8. The topological polar surface area (TPSA) is 91.3 Å². The zero-order valence-corrected chi connectivity index (χ0v) is 17.9. The summed E-state index contributed by atoms with van der Waals surface area (Å²) in [6.45, 7) is 2.90. The number of fused-ring (bicyclic) bond motifs is 1. The summed E-state index contributed by atoms with van der Waals surface area (Å²) in [7, 11) is 0. The third-order valence-electron chi connectivity index (χ3n) is 4.87. The van der Waals surface area contributed by atoms with Crippen molar-refractivity contribution in [1.82, 2.24) is 10.3 Å². The Morgan fingerprint density at radius 1 is 0.903 bits per heavy atom. The Hall–Kier alpha value is -3.71. The molecule has 1 amide bonds. The smallest absolute Gasteiger partial charge is 0.328 e. The molecule has 31 heavy (non-hydrogen) atoms. The summed E-state index contributed by atoms with van der Waals surface area (Å²) in [5.74, 6) is -1.51. The van der Waals surface area contributed by atoms with Gasteiger partial charge in [0.2, 0.25) is 0 Å². The van der Waals surface area contributed by atoms with Crippen LogP contribution in [0.1, 0.15) is 24.2 Å². The fourth-order valence-electron chi connectivity index (χ4n) is 3.02. The van der Waals surface area contributed by atoms with E-state index >= 15 is 0 Å². The van der Waals surface area contributed by atoms with E-state index < -0.39 is 17.4 Å². The number of aromatic nitrogens is 1. The van der Waals surface area contributed by atoms with Gasteiger partial charge in [0.05, 0.1) is 10.2 Å². The zero-order valence-electron chi connectivity index (χ0n) is 17.0. The van der Waals surface area contributed by atoms with Crippen molar-refractivity contribution >= 4 is 44.2 Å². The summed E-state index contributed by atoms with van der Waals surface area (Å²) in [5.41, 5.74) is 2.96. The molecule has 1 heterocycles. The quantitative estimate of drug-likeness (QED) is 0.385. The number of aliphatic carboxylic acids is 1. The lowest BCUT2D eigenvalue weighted by molar-refractivity contribution is -0.143. The Balaban J connectivity index is 1.45. The van der Waals surface area contributed by atoms with E-state index in [1.807, 2.05) is 60.7 Å². The van der Waals surface area contributed by atoms with Crippen LogP contribution >= 0.6 is 11.3 Å². The normalized spacial score (nSPS) is 11.3. The number of carbonyl (C=O) groups excluding carboxylic acids is 1. The van der Waals surface area contributed by atoms with Gasteiger partial charge in [0.25, 0.3) is 5.91 Å². The molecule has 0 bridgehead atoms. The number of carboxylic acid groups (broad SMARTS) is 1. The second kappa shape index (κ2) is 8.20. The first-order valence-electron chi connectivity index (χ1n) is 9.71. The summed E-state index contributed by atoms with van der Waals surface area (Å²) < 4.78 is 1.14. The Bertz CT molecular complexity index is 1210. The van der Waals surface area contributed by atoms with Crippen molar-refractivity contribution in [3.05, 3.63) is 78.4 Å². The van der Waals surface area contributed by atoms with Gasteiger partial charge in [-0.1, -0.05) is 47.7 Å². The van der Waals surface area contributed by atoms with Crippen LogP contribution in [0.3, 0.4) is 0 Å². The molecule has 3 N–H and O–H groups in total. The molecular weight excluding hydrogens is 410 g/mol. The average molecular weight is 432 g/mol. The largest absolute Gasteiger partial charge is 0.480 e. The number of para-hydroxylation sites is 1. The van der Waals surface area contributed by atoms with Gasteiger partial charge in [0, 0.05) is 11.3 Å². The van der Waals surface area contributed by atoms with E-state index in [9.17, 15) is 9.59 Å². The van der Waals surface area contributed by atoms with Crippen LogP contribution in [0.15, 0.2) is 72.8 Å². The SMILES string of the molecule is CC(C)(NC(=O)c1ccc(-c2ccc(Nc3nc4ccccc4s3)cc2)cc1)C(=O)O. The number of benzene rings is 3. The van der Waals surface area contributed by atoms with Crippen LogP contribution in [0.2, 0.25) is 0 Å². The summed E-state index contributed by atoms with van der Waals surface area (Å²) >= 11 is 1.61. The minimum atomic E-state index is -1.33. The molecule has 0 atom stereocenters. The van der Waals surface area contributed by atoms with Crippen LogP contribution in [-0.4, -0.2) is 27.5 Å². The highest BCUT2D eigenvalue weighted by Gasteiger charge is 2.29. The number of thiazole rings is 1. The molecule has 3 aromatic carbocycles. The van der Waals surface area contributed by atoms with Crippen molar-refractivity contribution in [1.29, 1.82) is 0 Å². The van der Waals surface area contributed by atoms with Crippen molar-refractivity contribution in [2.45, 2.75) is 19.4 Å². The van der Waals surface area contributed by atoms with E-state index in [0.29, 0.717) is 5.56 Å². The summed E-state index contributed by atoms with van der Waals surface area (Å²) in [6.07, 6.45) is 0. The van der Waals surface area contributed by atoms with Crippen molar-refractivity contribution in [3.8, 4) is 11.1 Å². The van der Waals surface area contributed by atoms with Crippen LogP contribution in [-0.2, 0) is 4.79 Å². The number of rotatable bonds is 6. The maximum Gasteiger partial charge on any atom is 0.328 e. The molecule has 6 nitrogen and oxygen atoms in total. The molecule has 0 saturated heterocycles. The van der Waals surface area contributed by atoms with Gasteiger partial charge in [-0.25, -0.2) is 9.78 Å². The lowest BCUT2D eigenvalue weighted by Crippen LogP contribution is -2.49. The van der Waals surface area contributed by atoms with Crippen LogP contribution in [0.5, 0.6) is 0 Å². The van der Waals surface area contributed by atoms with Gasteiger partial charge in [0.1, 0.15) is 5.54 Å². The maximum absolute atomic E-state index is 12.3. The van der Waals surface area contributed by atoms with Crippen LogP contribution in [0.25, 0.3) is 21.3 Å². The van der Waals surface area contributed by atoms with Crippen LogP contribution in [0.4, 0.5) is 10.8 Å². The number of hydrogen-bond acceptors (Lipinski definition) is 5. The number of hydrogen-bond donors (Lipinski definition) is 3. The Kier molecular flexibility index (Phi) is 5.44. The molecule has 0 aliphatic heterocycles. The van der Waals surface area contributed by atoms with Crippen molar-refractivity contribution in [2.75, 3.05) is 5.32 Å². The average Bonchev–Trinajstić information content (AvgIpc) is 3.16. The molecule has 4 aromatic rings. The van der Waals surface area contributed by atoms with Crippen molar-refractivity contribution in [3.63, 3.8) is 0 Å². The van der Waals surface area contributed by atoms with E-state index in [2.05, 4.69) is 15.6 Å². The third-order valence-corrected chi connectivity index (χ3v) is 5.82. The van der Waals surface area contributed by atoms with E-state index in [4.69, 9.17) is 5.11 Å². The van der Waals surface area contributed by atoms with Crippen LogP contribution in [0, 0.1) is 0 Å². The molecule has 0 radical (unpaired) electrons. The van der Waals surface area contributed by atoms with Gasteiger partial charge in [-0.05, 0) is 61.4 Å². The van der Waals surface area contributed by atoms with Crippen molar-refractivity contribution < 1.29 is 14.7 Å². The predicted molar refractivity (Wildman–Crippen MR) is 124 cm³/mol. The Labute approximate surface area is 183 Å². The molecule has 0 fully saturated rings. The van der Waals surface area contributed by atoms with Crippen LogP contribution < -0.4 is 10.6 Å². The summed E-state index contributed by atoms with van der Waals surface area (Å²) in [5, 5.41) is 15.9. The highest BCUT2D eigenvalue weighted by atomic mass is 32.1. The second-order valence-corrected chi connectivity index (χ2v) is 8.68. The molecule has 0 aliphatic carbocycles. The number of carbonyl (C=O) groups is 2. The van der Waals surface area contributed by atoms with Gasteiger partial charge in [-0.15, -0.1) is 0 Å². The maximum atomic E-state index is 12.3. The fourth-order valence-corrected chi connectivity index (χ4v) is 3.90. The molecule has 156 valence electrons. The molecule has 0 unspecified atom stereocenters. The molecule has 7 heteroatoms. The third kappa shape index (κ3) is 4.57. The van der Waals surface area contributed by atoms with Gasteiger partial charge >= 0.3 is 5.97 Å². The van der Waals surface area contributed by atoms with Gasteiger partial charge in [-0.3, -0.25) is 4.79 Å². The Morgan fingerprint density at radius 2 is 1.52 bits per heavy atom.